The van der Waals surface area contributed by atoms with E-state index in [1.807, 2.05) is 6.20 Å². The van der Waals surface area contributed by atoms with Gasteiger partial charge in [0.25, 0.3) is 0 Å². The molecule has 6 heterocycles. The van der Waals surface area contributed by atoms with Crippen molar-refractivity contribution in [3.63, 3.8) is 0 Å². The molecule has 2 aliphatic carbocycles. The molecule has 7 unspecified atom stereocenters. The summed E-state index contributed by atoms with van der Waals surface area (Å²) in [7, 11) is 2.25. The number of aryl methyl sites for hydroxylation is 1. The molecule has 0 spiro atoms. The molecule has 4 aliphatic heterocycles. The Bertz CT molecular complexity index is 2530. The van der Waals surface area contributed by atoms with Crippen LogP contribution in [0.2, 0.25) is 0 Å². The Morgan fingerprint density at radius 2 is 1.60 bits per heavy atom. The Labute approximate surface area is 302 Å². The molecule has 2 aromatic heterocycles. The zero-order chi connectivity index (χ0) is 34.1. The molecule has 0 bridgehead atoms. The van der Waals surface area contributed by atoms with Crippen LogP contribution in [0, 0.1) is 0 Å². The largest absolute Gasteiger partial charge is 0.489 e. The van der Waals surface area contributed by atoms with Crippen molar-refractivity contribution in [2.75, 3.05) is 7.05 Å². The van der Waals surface area contributed by atoms with Crippen LogP contribution < -0.4 is 15.4 Å². The van der Waals surface area contributed by atoms with Crippen LogP contribution in [-0.2, 0) is 12.8 Å². The van der Waals surface area contributed by atoms with Crippen molar-refractivity contribution in [3.05, 3.63) is 154 Å². The Kier molecular flexibility index (Phi) is 6.16. The molecule has 7 nitrogen and oxygen atoms in total. The highest BCUT2D eigenvalue weighted by molar-refractivity contribution is 5.99. The van der Waals surface area contributed by atoms with Crippen molar-refractivity contribution in [1.82, 2.24) is 24.7 Å². The molecule has 12 rings (SSSR count). The lowest BCUT2D eigenvalue weighted by atomic mass is 9.79. The average Bonchev–Trinajstić information content (AvgIpc) is 3.85. The minimum absolute atomic E-state index is 0.00784. The summed E-state index contributed by atoms with van der Waals surface area (Å²) in [6.45, 7) is 0. The van der Waals surface area contributed by atoms with Gasteiger partial charge in [-0.2, -0.15) is 0 Å². The van der Waals surface area contributed by atoms with Gasteiger partial charge in [0.2, 0.25) is 0 Å². The molecule has 1 saturated heterocycles. The van der Waals surface area contributed by atoms with E-state index < -0.39 is 0 Å². The van der Waals surface area contributed by atoms with E-state index in [2.05, 4.69) is 147 Å². The van der Waals surface area contributed by atoms with Gasteiger partial charge in [0.05, 0.1) is 42.0 Å². The van der Waals surface area contributed by atoms with Crippen LogP contribution in [0.1, 0.15) is 94.1 Å². The van der Waals surface area contributed by atoms with Crippen LogP contribution in [0.3, 0.4) is 0 Å². The zero-order valence-electron chi connectivity index (χ0n) is 29.1. The number of aliphatic imine (C=N–C) groups is 1. The Hall–Kier alpha value is -5.21. The second-order valence-corrected chi connectivity index (χ2v) is 15.4. The van der Waals surface area contributed by atoms with Crippen molar-refractivity contribution < 1.29 is 4.74 Å². The lowest BCUT2D eigenvalue weighted by Gasteiger charge is -2.46. The predicted molar refractivity (Wildman–Crippen MR) is 207 cm³/mol. The summed E-state index contributed by atoms with van der Waals surface area (Å²) < 4.78 is 12.8. The third-order valence-corrected chi connectivity index (χ3v) is 12.8. The number of ether oxygens (including phenoxy) is 1. The second kappa shape index (κ2) is 10.9. The van der Waals surface area contributed by atoms with Crippen LogP contribution in [-0.4, -0.2) is 33.4 Å². The van der Waals surface area contributed by atoms with E-state index in [-0.39, 0.29) is 42.6 Å². The van der Waals surface area contributed by atoms with Gasteiger partial charge in [-0.15, -0.1) is 0 Å². The Morgan fingerprint density at radius 1 is 0.808 bits per heavy atom. The number of aromatic nitrogens is 2. The fourth-order valence-electron chi connectivity index (χ4n) is 10.7. The molecule has 6 aromatic rings. The maximum Gasteiger partial charge on any atom is 0.132 e. The summed E-state index contributed by atoms with van der Waals surface area (Å²) in [6.07, 6.45) is 15.3. The molecule has 4 aromatic carbocycles. The SMILES string of the molecule is CN1C(c2ccccc2)NC(c2ccccc2)NC1c1cc2c3c(n4c2c2c1OC1CCc5c(n(c6ccccc56)C5C=NC=CC54)C21)CCC=C3. The number of nitrogens with zero attached hydrogens (tertiary/aromatic N) is 4. The van der Waals surface area contributed by atoms with Crippen LogP contribution in [0.4, 0.5) is 0 Å². The van der Waals surface area contributed by atoms with Gasteiger partial charge in [0.15, 0.2) is 0 Å². The van der Waals surface area contributed by atoms with Crippen molar-refractivity contribution >= 4 is 34.1 Å². The van der Waals surface area contributed by atoms with Crippen molar-refractivity contribution in [3.8, 4) is 5.75 Å². The van der Waals surface area contributed by atoms with Gasteiger partial charge in [-0.25, -0.2) is 0 Å². The van der Waals surface area contributed by atoms with Crippen molar-refractivity contribution in [1.29, 1.82) is 0 Å². The van der Waals surface area contributed by atoms with Gasteiger partial charge in [0, 0.05) is 56.8 Å². The smallest absolute Gasteiger partial charge is 0.132 e. The second-order valence-electron chi connectivity index (χ2n) is 15.4. The number of hydrogen-bond acceptors (Lipinski definition) is 5. The number of allylic oxidation sites excluding steroid dienone is 2. The molecule has 7 heteroatoms. The normalized spacial score (nSPS) is 28.1. The predicted octanol–water partition coefficient (Wildman–Crippen LogP) is 8.61. The lowest BCUT2D eigenvalue weighted by molar-refractivity contribution is 0.0395. The summed E-state index contributed by atoms with van der Waals surface area (Å²) in [5.74, 6) is 1.21. The Balaban J connectivity index is 1.16. The highest BCUT2D eigenvalue weighted by atomic mass is 16.5. The minimum atomic E-state index is -0.107. The molecule has 0 radical (unpaired) electrons. The summed E-state index contributed by atoms with van der Waals surface area (Å²) in [4.78, 5) is 7.27. The van der Waals surface area contributed by atoms with E-state index in [0.717, 1.165) is 31.4 Å². The van der Waals surface area contributed by atoms with E-state index in [4.69, 9.17) is 9.73 Å². The summed E-state index contributed by atoms with van der Waals surface area (Å²) in [5.41, 5.74) is 13.5. The highest BCUT2D eigenvalue weighted by Gasteiger charge is 2.50. The first-order chi connectivity index (χ1) is 25.7. The van der Waals surface area contributed by atoms with Gasteiger partial charge in [-0.05, 0) is 67.6 Å². The Morgan fingerprint density at radius 3 is 2.46 bits per heavy atom. The molecule has 1 fully saturated rings. The summed E-state index contributed by atoms with van der Waals surface area (Å²) >= 11 is 0. The summed E-state index contributed by atoms with van der Waals surface area (Å²) in [5, 5.41) is 10.8. The first kappa shape index (κ1) is 29.4. The minimum Gasteiger partial charge on any atom is -0.489 e. The van der Waals surface area contributed by atoms with Gasteiger partial charge >= 0.3 is 0 Å². The molecule has 256 valence electrons. The highest BCUT2D eigenvalue weighted by Crippen LogP contribution is 2.59. The number of hydrogen-bond donors (Lipinski definition) is 2. The van der Waals surface area contributed by atoms with Gasteiger partial charge < -0.3 is 13.9 Å². The third-order valence-electron chi connectivity index (χ3n) is 12.8. The van der Waals surface area contributed by atoms with E-state index in [9.17, 15) is 0 Å². The number of benzene rings is 4. The maximum absolute atomic E-state index is 7.43. The third kappa shape index (κ3) is 3.88. The average molecular weight is 681 g/mol. The first-order valence-corrected chi connectivity index (χ1v) is 19.0. The zero-order valence-corrected chi connectivity index (χ0v) is 29.1. The van der Waals surface area contributed by atoms with Crippen LogP contribution >= 0.6 is 0 Å². The number of fused-ring (bicyclic) bond motifs is 9. The van der Waals surface area contributed by atoms with E-state index in [1.54, 1.807) is 0 Å². The standard InChI is InChI=1S/C45H40N6O/c1-49-44(27-14-6-3-7-15-27)47-43(26-12-4-2-5-13-26)48-45(49)32-24-31-29-17-9-11-19-34(29)50-35-22-23-46-25-36(35)51-33-18-10-8-16-28(33)30-20-21-37-38(40(30)51)39(41(31)50)42(32)52-37/h2-10,12-18,22-25,35-38,43-45,47-48H,11,19-21H2,1H3. The monoisotopic (exact) mass is 680 g/mol. The molecular formula is C45H40N6O. The molecule has 6 aliphatic rings. The fourth-order valence-corrected chi connectivity index (χ4v) is 10.7. The molecule has 52 heavy (non-hydrogen) atoms. The molecule has 0 saturated carbocycles. The maximum atomic E-state index is 7.43. The van der Waals surface area contributed by atoms with E-state index in [0.29, 0.717) is 0 Å². The molecule has 7 atom stereocenters. The van der Waals surface area contributed by atoms with Gasteiger partial charge in [-0.3, -0.25) is 20.5 Å². The lowest BCUT2D eigenvalue weighted by Crippen LogP contribution is -2.54. The first-order valence-electron chi connectivity index (χ1n) is 19.0. The van der Waals surface area contributed by atoms with Gasteiger partial charge in [-0.1, -0.05) is 91.0 Å². The quantitative estimate of drug-likeness (QED) is 0.197. The van der Waals surface area contributed by atoms with Crippen molar-refractivity contribution in [2.24, 2.45) is 4.99 Å². The number of rotatable bonds is 3. The molecule has 2 N–H and O–H groups in total. The summed E-state index contributed by atoms with van der Waals surface area (Å²) in [6, 6.07) is 33.4. The van der Waals surface area contributed by atoms with Crippen LogP contribution in [0.15, 0.2) is 114 Å². The topological polar surface area (TPSA) is 58.7 Å². The number of para-hydroxylation sites is 1. The van der Waals surface area contributed by atoms with E-state index >= 15 is 0 Å². The fraction of sp³-hybridized carbons (Fsp3) is 0.267. The van der Waals surface area contributed by atoms with Crippen LogP contribution in [0.5, 0.6) is 5.75 Å². The molecular weight excluding hydrogens is 641 g/mol. The van der Waals surface area contributed by atoms with Crippen molar-refractivity contribution in [2.45, 2.75) is 68.3 Å². The van der Waals surface area contributed by atoms with Gasteiger partial charge in [0.1, 0.15) is 11.9 Å². The number of nitrogens with one attached hydrogen (secondary N) is 2. The van der Waals surface area contributed by atoms with E-state index in [1.165, 1.54) is 66.6 Å². The molecule has 0 amide bonds. The van der Waals surface area contributed by atoms with Crippen LogP contribution in [0.25, 0.3) is 27.9 Å².